The third-order valence-corrected chi connectivity index (χ3v) is 2.77. The third kappa shape index (κ3) is 4.71. The molecule has 0 radical (unpaired) electrons. The SMILES string of the molecule is CC(C)(C)[C@@H](N)C(=O)Nc1cccc(CC(=O)O)c1. The van der Waals surface area contributed by atoms with Crippen LogP contribution in [0.1, 0.15) is 26.3 Å². The van der Waals surface area contributed by atoms with E-state index < -0.39 is 12.0 Å². The number of carbonyl (C=O) groups excluding carboxylic acids is 1. The maximum absolute atomic E-state index is 11.9. The van der Waals surface area contributed by atoms with E-state index >= 15 is 0 Å². The third-order valence-electron chi connectivity index (χ3n) is 2.77. The van der Waals surface area contributed by atoms with E-state index in [2.05, 4.69) is 5.32 Å². The molecule has 0 saturated heterocycles. The molecule has 0 aliphatic rings. The van der Waals surface area contributed by atoms with Crippen LogP contribution in [0.3, 0.4) is 0 Å². The molecule has 104 valence electrons. The molecule has 1 atom stereocenters. The van der Waals surface area contributed by atoms with Crippen molar-refractivity contribution >= 4 is 17.6 Å². The van der Waals surface area contributed by atoms with Gasteiger partial charge in [-0.15, -0.1) is 0 Å². The zero-order chi connectivity index (χ0) is 14.6. The molecule has 1 amide bonds. The number of nitrogens with one attached hydrogen (secondary N) is 1. The van der Waals surface area contributed by atoms with Crippen LogP contribution < -0.4 is 11.1 Å². The van der Waals surface area contributed by atoms with E-state index in [1.165, 1.54) is 0 Å². The lowest BCUT2D eigenvalue weighted by atomic mass is 9.87. The largest absolute Gasteiger partial charge is 0.481 e. The molecule has 0 spiro atoms. The van der Waals surface area contributed by atoms with Gasteiger partial charge in [-0.3, -0.25) is 9.59 Å². The summed E-state index contributed by atoms with van der Waals surface area (Å²) >= 11 is 0. The summed E-state index contributed by atoms with van der Waals surface area (Å²) in [5.74, 6) is -1.19. The first kappa shape index (κ1) is 15.2. The van der Waals surface area contributed by atoms with E-state index in [4.69, 9.17) is 10.8 Å². The zero-order valence-electron chi connectivity index (χ0n) is 11.4. The number of amides is 1. The topological polar surface area (TPSA) is 92.4 Å². The number of aliphatic carboxylic acids is 1. The molecule has 0 aliphatic heterocycles. The van der Waals surface area contributed by atoms with Crippen molar-refractivity contribution in [2.75, 3.05) is 5.32 Å². The fourth-order valence-electron chi connectivity index (χ4n) is 1.55. The Bertz CT molecular complexity index is 478. The molecule has 1 aromatic rings. The molecule has 4 N–H and O–H groups in total. The van der Waals surface area contributed by atoms with Crippen molar-refractivity contribution in [1.82, 2.24) is 0 Å². The summed E-state index contributed by atoms with van der Waals surface area (Å²) in [7, 11) is 0. The molecular formula is C14H20N2O3. The molecule has 5 heteroatoms. The summed E-state index contributed by atoms with van der Waals surface area (Å²) in [6.45, 7) is 5.66. The first-order chi connectivity index (χ1) is 8.70. The van der Waals surface area contributed by atoms with Crippen LogP contribution in [0.4, 0.5) is 5.69 Å². The van der Waals surface area contributed by atoms with Crippen molar-refractivity contribution in [3.63, 3.8) is 0 Å². The average Bonchev–Trinajstić information content (AvgIpc) is 2.26. The Morgan fingerprint density at radius 2 is 2.00 bits per heavy atom. The monoisotopic (exact) mass is 264 g/mol. The first-order valence-corrected chi connectivity index (χ1v) is 6.07. The van der Waals surface area contributed by atoms with Gasteiger partial charge in [0, 0.05) is 5.69 Å². The lowest BCUT2D eigenvalue weighted by Crippen LogP contribution is -2.45. The number of nitrogens with two attached hydrogens (primary N) is 1. The molecule has 0 aliphatic carbocycles. The Balaban J connectivity index is 2.77. The molecule has 0 unspecified atom stereocenters. The molecule has 0 fully saturated rings. The fraction of sp³-hybridized carbons (Fsp3) is 0.429. The molecule has 5 nitrogen and oxygen atoms in total. The second-order valence-corrected chi connectivity index (χ2v) is 5.60. The van der Waals surface area contributed by atoms with Gasteiger partial charge in [-0.2, -0.15) is 0 Å². The Morgan fingerprint density at radius 1 is 1.37 bits per heavy atom. The Kier molecular flexibility index (Phi) is 4.67. The highest BCUT2D eigenvalue weighted by molar-refractivity contribution is 5.95. The van der Waals surface area contributed by atoms with E-state index in [9.17, 15) is 9.59 Å². The number of anilines is 1. The van der Waals surface area contributed by atoms with Crippen LogP contribution in [-0.2, 0) is 16.0 Å². The van der Waals surface area contributed by atoms with Gasteiger partial charge < -0.3 is 16.2 Å². The zero-order valence-corrected chi connectivity index (χ0v) is 11.4. The lowest BCUT2D eigenvalue weighted by molar-refractivity contribution is -0.136. The van der Waals surface area contributed by atoms with Crippen molar-refractivity contribution in [3.8, 4) is 0 Å². The highest BCUT2D eigenvalue weighted by Crippen LogP contribution is 2.19. The number of hydrogen-bond donors (Lipinski definition) is 3. The van der Waals surface area contributed by atoms with Gasteiger partial charge in [-0.05, 0) is 23.1 Å². The normalized spacial score (nSPS) is 12.8. The second kappa shape index (κ2) is 5.84. The predicted octanol–water partition coefficient (Wildman–Crippen LogP) is 1.63. The quantitative estimate of drug-likeness (QED) is 0.770. The standard InChI is InChI=1S/C14H20N2O3/c1-14(2,3)12(15)13(19)16-10-6-4-5-9(7-10)8-11(17)18/h4-7,12H,8,15H2,1-3H3,(H,16,19)(H,17,18)/t12-/m0/s1. The predicted molar refractivity (Wildman–Crippen MR) is 73.8 cm³/mol. The molecule has 19 heavy (non-hydrogen) atoms. The number of carbonyl (C=O) groups is 2. The van der Waals surface area contributed by atoms with Crippen LogP contribution in [0.25, 0.3) is 0 Å². The maximum atomic E-state index is 11.9. The van der Waals surface area contributed by atoms with Crippen LogP contribution in [0, 0.1) is 5.41 Å². The number of benzene rings is 1. The summed E-state index contributed by atoms with van der Waals surface area (Å²) in [5, 5.41) is 11.4. The van der Waals surface area contributed by atoms with Crippen molar-refractivity contribution < 1.29 is 14.7 Å². The van der Waals surface area contributed by atoms with Crippen molar-refractivity contribution in [2.24, 2.45) is 11.1 Å². The Labute approximate surface area is 112 Å². The number of rotatable bonds is 4. The van der Waals surface area contributed by atoms with E-state index in [-0.39, 0.29) is 17.7 Å². The van der Waals surface area contributed by atoms with Gasteiger partial charge in [0.25, 0.3) is 0 Å². The van der Waals surface area contributed by atoms with Crippen molar-refractivity contribution in [2.45, 2.75) is 33.2 Å². The van der Waals surface area contributed by atoms with E-state index in [0.717, 1.165) is 0 Å². The van der Waals surface area contributed by atoms with E-state index in [1.54, 1.807) is 24.3 Å². The minimum atomic E-state index is -0.908. The molecular weight excluding hydrogens is 244 g/mol. The van der Waals surface area contributed by atoms with Crippen LogP contribution in [-0.4, -0.2) is 23.0 Å². The second-order valence-electron chi connectivity index (χ2n) is 5.60. The summed E-state index contributed by atoms with van der Waals surface area (Å²) in [5.41, 5.74) is 6.72. The highest BCUT2D eigenvalue weighted by Gasteiger charge is 2.27. The number of carboxylic acids is 1. The van der Waals surface area contributed by atoms with Crippen molar-refractivity contribution in [1.29, 1.82) is 0 Å². The van der Waals surface area contributed by atoms with Gasteiger partial charge in [-0.1, -0.05) is 32.9 Å². The van der Waals surface area contributed by atoms with Gasteiger partial charge in [0.2, 0.25) is 5.91 Å². The molecule has 0 saturated carbocycles. The summed E-state index contributed by atoms with van der Waals surface area (Å²) in [6.07, 6.45) is -0.0744. The first-order valence-electron chi connectivity index (χ1n) is 6.07. The molecule has 1 rings (SSSR count). The maximum Gasteiger partial charge on any atom is 0.307 e. The molecule has 1 aromatic carbocycles. The van der Waals surface area contributed by atoms with Crippen LogP contribution in [0.5, 0.6) is 0 Å². The summed E-state index contributed by atoms with van der Waals surface area (Å²) in [4.78, 5) is 22.6. The molecule has 0 bridgehead atoms. The summed E-state index contributed by atoms with van der Waals surface area (Å²) < 4.78 is 0. The summed E-state index contributed by atoms with van der Waals surface area (Å²) in [6, 6.07) is 6.12. The van der Waals surface area contributed by atoms with Gasteiger partial charge in [0.15, 0.2) is 0 Å². The van der Waals surface area contributed by atoms with Gasteiger partial charge in [0.1, 0.15) is 0 Å². The minimum Gasteiger partial charge on any atom is -0.481 e. The van der Waals surface area contributed by atoms with E-state index in [1.807, 2.05) is 20.8 Å². The van der Waals surface area contributed by atoms with Gasteiger partial charge in [0.05, 0.1) is 12.5 Å². The van der Waals surface area contributed by atoms with Gasteiger partial charge >= 0.3 is 5.97 Å². The number of carboxylic acid groups (broad SMARTS) is 1. The highest BCUT2D eigenvalue weighted by atomic mass is 16.4. The fourth-order valence-corrected chi connectivity index (χ4v) is 1.55. The molecule has 0 aromatic heterocycles. The van der Waals surface area contributed by atoms with E-state index in [0.29, 0.717) is 11.3 Å². The van der Waals surface area contributed by atoms with Crippen LogP contribution >= 0.6 is 0 Å². The van der Waals surface area contributed by atoms with Crippen LogP contribution in [0.15, 0.2) is 24.3 Å². The smallest absolute Gasteiger partial charge is 0.307 e. The average molecular weight is 264 g/mol. The van der Waals surface area contributed by atoms with Crippen molar-refractivity contribution in [3.05, 3.63) is 29.8 Å². The molecule has 0 heterocycles. The lowest BCUT2D eigenvalue weighted by Gasteiger charge is -2.25. The Hall–Kier alpha value is -1.88. The van der Waals surface area contributed by atoms with Crippen LogP contribution in [0.2, 0.25) is 0 Å². The Morgan fingerprint density at radius 3 is 2.53 bits per heavy atom. The van der Waals surface area contributed by atoms with Gasteiger partial charge in [-0.25, -0.2) is 0 Å². The minimum absolute atomic E-state index is 0.0744. The number of hydrogen-bond acceptors (Lipinski definition) is 3.